The highest BCUT2D eigenvalue weighted by Gasteiger charge is 2.18. The molecule has 0 aliphatic heterocycles. The number of aromatic nitrogens is 2. The second-order valence-corrected chi connectivity index (χ2v) is 12.1. The molecule has 47 heavy (non-hydrogen) atoms. The lowest BCUT2D eigenvalue weighted by molar-refractivity contribution is 0.670. The lowest BCUT2D eigenvalue weighted by Gasteiger charge is -2.14. The zero-order valence-electron chi connectivity index (χ0n) is 25.3. The maximum atomic E-state index is 6.44. The van der Waals surface area contributed by atoms with Crippen LogP contribution in [0.25, 0.3) is 98.9 Å². The summed E-state index contributed by atoms with van der Waals surface area (Å²) in [5.74, 6) is 0. The fourth-order valence-corrected chi connectivity index (χ4v) is 7.32. The molecular formula is C44H26N2O. The van der Waals surface area contributed by atoms with Gasteiger partial charge in [-0.05, 0) is 40.1 Å². The fraction of sp³-hybridized carbons (Fsp3) is 0. The highest BCUT2D eigenvalue weighted by molar-refractivity contribution is 6.17. The highest BCUT2D eigenvalue weighted by Crippen LogP contribution is 2.42. The molecule has 0 spiro atoms. The molecule has 3 nitrogen and oxygen atoms in total. The minimum absolute atomic E-state index is 0.903. The Balaban J connectivity index is 1.21. The molecule has 0 aliphatic carbocycles. The monoisotopic (exact) mass is 598 g/mol. The Kier molecular flexibility index (Phi) is 5.57. The Hall–Kier alpha value is -6.32. The van der Waals surface area contributed by atoms with Crippen molar-refractivity contribution in [3.63, 3.8) is 0 Å². The minimum atomic E-state index is 0.903. The van der Waals surface area contributed by atoms with E-state index < -0.39 is 0 Å². The standard InChI is InChI=1S/C44H26N2O/c1-2-11-27(12-3-1)41-36-16-6-8-19-38(36)46-43-37(41)23-21-28-22-26-39(45-42(28)43)32-25-24-31(29-13-4-5-14-30(29)32)34-17-10-18-35-33-15-7-9-20-40(33)47-44(34)35/h1-26H. The van der Waals surface area contributed by atoms with Gasteiger partial charge < -0.3 is 4.42 Å². The van der Waals surface area contributed by atoms with E-state index in [0.717, 1.165) is 87.8 Å². The van der Waals surface area contributed by atoms with E-state index in [1.54, 1.807) is 0 Å². The van der Waals surface area contributed by atoms with Crippen LogP contribution in [0, 0.1) is 0 Å². The quantitative estimate of drug-likeness (QED) is 0.150. The molecule has 3 aromatic heterocycles. The van der Waals surface area contributed by atoms with Gasteiger partial charge in [-0.25, -0.2) is 9.97 Å². The first-order valence-electron chi connectivity index (χ1n) is 15.9. The van der Waals surface area contributed by atoms with Crippen molar-refractivity contribution in [2.75, 3.05) is 0 Å². The van der Waals surface area contributed by atoms with Crippen LogP contribution in [0.3, 0.4) is 0 Å². The molecule has 0 bridgehead atoms. The number of nitrogens with zero attached hydrogens (tertiary/aromatic N) is 2. The Bertz CT molecular complexity index is 2850. The van der Waals surface area contributed by atoms with E-state index >= 15 is 0 Å². The summed E-state index contributed by atoms with van der Waals surface area (Å²) in [7, 11) is 0. The molecule has 0 N–H and O–H groups in total. The maximum absolute atomic E-state index is 6.44. The zero-order valence-corrected chi connectivity index (χ0v) is 25.3. The second kappa shape index (κ2) is 10.1. The van der Waals surface area contributed by atoms with Crippen molar-refractivity contribution >= 4 is 65.4 Å². The second-order valence-electron chi connectivity index (χ2n) is 12.1. The van der Waals surface area contributed by atoms with Crippen LogP contribution in [0.1, 0.15) is 0 Å². The van der Waals surface area contributed by atoms with Gasteiger partial charge in [-0.15, -0.1) is 0 Å². The molecule has 7 aromatic carbocycles. The number of hydrogen-bond donors (Lipinski definition) is 0. The summed E-state index contributed by atoms with van der Waals surface area (Å²) in [5.41, 5.74) is 11.2. The Labute approximate surface area is 270 Å². The van der Waals surface area contributed by atoms with Crippen molar-refractivity contribution in [1.29, 1.82) is 0 Å². The third kappa shape index (κ3) is 3.93. The van der Waals surface area contributed by atoms with Crippen LogP contribution in [-0.4, -0.2) is 9.97 Å². The van der Waals surface area contributed by atoms with Gasteiger partial charge in [0.15, 0.2) is 0 Å². The van der Waals surface area contributed by atoms with Gasteiger partial charge in [-0.3, -0.25) is 0 Å². The largest absolute Gasteiger partial charge is 0.455 e. The molecular weight excluding hydrogens is 572 g/mol. The molecule has 0 amide bonds. The van der Waals surface area contributed by atoms with Gasteiger partial charge >= 0.3 is 0 Å². The van der Waals surface area contributed by atoms with Gasteiger partial charge in [0, 0.05) is 43.6 Å². The first kappa shape index (κ1) is 26.0. The number of benzene rings is 7. The fourth-order valence-electron chi connectivity index (χ4n) is 7.32. The number of para-hydroxylation sites is 3. The van der Waals surface area contributed by atoms with Crippen LogP contribution in [-0.2, 0) is 0 Å². The van der Waals surface area contributed by atoms with E-state index in [0.29, 0.717) is 0 Å². The van der Waals surface area contributed by atoms with Gasteiger partial charge in [0.05, 0.1) is 22.2 Å². The lowest BCUT2D eigenvalue weighted by Crippen LogP contribution is -1.93. The summed E-state index contributed by atoms with van der Waals surface area (Å²) < 4.78 is 6.44. The van der Waals surface area contributed by atoms with Crippen LogP contribution in [0.5, 0.6) is 0 Å². The molecule has 10 aromatic rings. The average molecular weight is 599 g/mol. The van der Waals surface area contributed by atoms with Gasteiger partial charge in [0.1, 0.15) is 11.2 Å². The number of furan rings is 1. The summed E-state index contributed by atoms with van der Waals surface area (Å²) in [4.78, 5) is 10.6. The number of pyridine rings is 2. The van der Waals surface area contributed by atoms with Gasteiger partial charge in [0.25, 0.3) is 0 Å². The van der Waals surface area contributed by atoms with Crippen LogP contribution < -0.4 is 0 Å². The van der Waals surface area contributed by atoms with Gasteiger partial charge in [0.2, 0.25) is 0 Å². The molecule has 0 fully saturated rings. The third-order valence-corrected chi connectivity index (χ3v) is 9.47. The number of rotatable bonds is 3. The SMILES string of the molecule is c1ccc(-c2c3ccccc3nc3c2ccc2ccc(-c4ccc(-c5cccc6c5oc5ccccc56)c5ccccc45)nc23)cc1. The molecule has 0 saturated carbocycles. The van der Waals surface area contributed by atoms with Crippen molar-refractivity contribution < 1.29 is 4.42 Å². The average Bonchev–Trinajstić information content (AvgIpc) is 3.53. The Morgan fingerprint density at radius 1 is 0.383 bits per heavy atom. The highest BCUT2D eigenvalue weighted by atomic mass is 16.3. The van der Waals surface area contributed by atoms with E-state index in [1.165, 1.54) is 11.1 Å². The van der Waals surface area contributed by atoms with Crippen LogP contribution >= 0.6 is 0 Å². The number of hydrogen-bond acceptors (Lipinski definition) is 3. The summed E-state index contributed by atoms with van der Waals surface area (Å²) in [5, 5.41) is 7.88. The predicted molar refractivity (Wildman–Crippen MR) is 196 cm³/mol. The summed E-state index contributed by atoms with van der Waals surface area (Å²) in [6.45, 7) is 0. The predicted octanol–water partition coefficient (Wildman–Crippen LogP) is 12.0. The van der Waals surface area contributed by atoms with Crippen LogP contribution in [0.15, 0.2) is 162 Å². The Morgan fingerprint density at radius 2 is 1.06 bits per heavy atom. The van der Waals surface area contributed by atoms with E-state index in [1.807, 2.05) is 12.1 Å². The first-order valence-corrected chi connectivity index (χ1v) is 15.9. The van der Waals surface area contributed by atoms with Crippen molar-refractivity contribution in [2.24, 2.45) is 0 Å². The topological polar surface area (TPSA) is 38.9 Å². The molecule has 3 heteroatoms. The maximum Gasteiger partial charge on any atom is 0.143 e. The molecule has 0 radical (unpaired) electrons. The molecule has 10 rings (SSSR count). The number of fused-ring (bicyclic) bond motifs is 8. The van der Waals surface area contributed by atoms with E-state index in [4.69, 9.17) is 14.4 Å². The van der Waals surface area contributed by atoms with E-state index in [-0.39, 0.29) is 0 Å². The molecule has 0 unspecified atom stereocenters. The van der Waals surface area contributed by atoms with Crippen LogP contribution in [0.4, 0.5) is 0 Å². The normalized spacial score (nSPS) is 11.8. The van der Waals surface area contributed by atoms with Crippen molar-refractivity contribution in [3.8, 4) is 33.5 Å². The third-order valence-electron chi connectivity index (χ3n) is 9.47. The summed E-state index contributed by atoms with van der Waals surface area (Å²) in [6.07, 6.45) is 0. The first-order chi connectivity index (χ1) is 23.3. The van der Waals surface area contributed by atoms with E-state index in [9.17, 15) is 0 Å². The molecule has 218 valence electrons. The Morgan fingerprint density at radius 3 is 1.94 bits per heavy atom. The van der Waals surface area contributed by atoms with Crippen LogP contribution in [0.2, 0.25) is 0 Å². The van der Waals surface area contributed by atoms with E-state index in [2.05, 4.69) is 146 Å². The van der Waals surface area contributed by atoms with Crippen molar-refractivity contribution in [2.45, 2.75) is 0 Å². The van der Waals surface area contributed by atoms with Crippen molar-refractivity contribution in [3.05, 3.63) is 158 Å². The van der Waals surface area contributed by atoms with Crippen molar-refractivity contribution in [1.82, 2.24) is 9.97 Å². The molecule has 0 aliphatic rings. The minimum Gasteiger partial charge on any atom is -0.455 e. The van der Waals surface area contributed by atoms with Gasteiger partial charge in [-0.2, -0.15) is 0 Å². The van der Waals surface area contributed by atoms with Gasteiger partial charge in [-0.1, -0.05) is 140 Å². The summed E-state index contributed by atoms with van der Waals surface area (Å²) in [6, 6.07) is 55.4. The molecule has 0 atom stereocenters. The zero-order chi connectivity index (χ0) is 30.9. The molecule has 3 heterocycles. The molecule has 0 saturated heterocycles. The lowest BCUT2D eigenvalue weighted by atomic mass is 9.92. The summed E-state index contributed by atoms with van der Waals surface area (Å²) >= 11 is 0. The smallest absolute Gasteiger partial charge is 0.143 e.